The number of aromatic nitrogens is 2. The van der Waals surface area contributed by atoms with E-state index in [9.17, 15) is 0 Å². The van der Waals surface area contributed by atoms with E-state index in [0.717, 1.165) is 48.4 Å². The lowest BCUT2D eigenvalue weighted by molar-refractivity contribution is 0.415. The van der Waals surface area contributed by atoms with Gasteiger partial charge in [0.05, 0.1) is 12.6 Å². The Kier molecular flexibility index (Phi) is 3.11. The largest absolute Gasteiger partial charge is 0.497 e. The van der Waals surface area contributed by atoms with Gasteiger partial charge in [-0.15, -0.1) is 0 Å². The highest BCUT2D eigenvalue weighted by molar-refractivity contribution is 5.79. The first-order chi connectivity index (χ1) is 8.86. The lowest BCUT2D eigenvalue weighted by Crippen LogP contribution is -2.27. The highest BCUT2D eigenvalue weighted by Gasteiger charge is 2.17. The van der Waals surface area contributed by atoms with E-state index in [4.69, 9.17) is 4.74 Å². The van der Waals surface area contributed by atoms with Crippen LogP contribution in [0, 0.1) is 0 Å². The summed E-state index contributed by atoms with van der Waals surface area (Å²) in [6.45, 7) is 2.13. The molecule has 4 nitrogen and oxygen atoms in total. The second-order valence-corrected chi connectivity index (χ2v) is 4.68. The van der Waals surface area contributed by atoms with Crippen LogP contribution in [-0.2, 0) is 0 Å². The van der Waals surface area contributed by atoms with Gasteiger partial charge in [0.25, 0.3) is 0 Å². The Labute approximate surface area is 106 Å². The Morgan fingerprint density at radius 1 is 1.28 bits per heavy atom. The molecule has 1 fully saturated rings. The molecule has 0 spiro atoms. The van der Waals surface area contributed by atoms with Crippen LogP contribution in [0.15, 0.2) is 24.4 Å². The van der Waals surface area contributed by atoms with E-state index in [1.165, 1.54) is 0 Å². The van der Waals surface area contributed by atoms with E-state index >= 15 is 0 Å². The molecule has 0 amide bonds. The Morgan fingerprint density at radius 3 is 2.89 bits per heavy atom. The summed E-state index contributed by atoms with van der Waals surface area (Å²) in [5, 5.41) is 4.40. The topological polar surface area (TPSA) is 47.0 Å². The van der Waals surface area contributed by atoms with Crippen LogP contribution < -0.4 is 10.1 Å². The highest BCUT2D eigenvalue weighted by atomic mass is 16.5. The monoisotopic (exact) mass is 243 g/mol. The molecule has 1 aliphatic rings. The summed E-state index contributed by atoms with van der Waals surface area (Å²) in [6.07, 6.45) is 4.16. The van der Waals surface area contributed by atoms with Crippen LogP contribution in [0.3, 0.4) is 0 Å². The van der Waals surface area contributed by atoms with Crippen molar-refractivity contribution in [3.05, 3.63) is 30.2 Å². The molecule has 2 aromatic rings. The van der Waals surface area contributed by atoms with Gasteiger partial charge in [0.2, 0.25) is 0 Å². The molecule has 0 bridgehead atoms. The molecule has 0 unspecified atom stereocenters. The molecular weight excluding hydrogens is 226 g/mol. The Bertz CT molecular complexity index is 550. The Balaban J connectivity index is 1.95. The average molecular weight is 243 g/mol. The molecule has 1 aromatic heterocycles. The fraction of sp³-hybridized carbons (Fsp3) is 0.429. The molecule has 0 radical (unpaired) electrons. The lowest BCUT2D eigenvalue weighted by atomic mass is 9.97. The summed E-state index contributed by atoms with van der Waals surface area (Å²) < 4.78 is 5.21. The van der Waals surface area contributed by atoms with E-state index in [2.05, 4.69) is 15.3 Å². The number of methoxy groups -OCH3 is 1. The number of benzene rings is 1. The third kappa shape index (κ3) is 2.16. The maximum absolute atomic E-state index is 5.21. The van der Waals surface area contributed by atoms with Crippen molar-refractivity contribution in [2.24, 2.45) is 0 Å². The molecule has 0 atom stereocenters. The zero-order valence-corrected chi connectivity index (χ0v) is 10.5. The second-order valence-electron chi connectivity index (χ2n) is 4.68. The van der Waals surface area contributed by atoms with Gasteiger partial charge in [-0.25, -0.2) is 9.97 Å². The van der Waals surface area contributed by atoms with Gasteiger partial charge < -0.3 is 10.1 Å². The van der Waals surface area contributed by atoms with E-state index in [1.54, 1.807) is 7.11 Å². The summed E-state index contributed by atoms with van der Waals surface area (Å²) in [7, 11) is 1.67. The molecule has 94 valence electrons. The maximum Gasteiger partial charge on any atom is 0.132 e. The van der Waals surface area contributed by atoms with E-state index in [-0.39, 0.29) is 0 Å². The quantitative estimate of drug-likeness (QED) is 0.877. The van der Waals surface area contributed by atoms with Crippen molar-refractivity contribution in [3.63, 3.8) is 0 Å². The van der Waals surface area contributed by atoms with Gasteiger partial charge in [0.15, 0.2) is 0 Å². The van der Waals surface area contributed by atoms with Gasteiger partial charge in [0.1, 0.15) is 11.6 Å². The van der Waals surface area contributed by atoms with Crippen molar-refractivity contribution in [3.8, 4) is 5.75 Å². The van der Waals surface area contributed by atoms with E-state index < -0.39 is 0 Å². The minimum absolute atomic E-state index is 0.498. The summed E-state index contributed by atoms with van der Waals surface area (Å²) >= 11 is 0. The fourth-order valence-electron chi connectivity index (χ4n) is 2.43. The molecule has 3 rings (SSSR count). The molecule has 1 saturated heterocycles. The Morgan fingerprint density at radius 2 is 2.11 bits per heavy atom. The number of fused-ring (bicyclic) bond motifs is 1. The first-order valence-corrected chi connectivity index (χ1v) is 6.38. The average Bonchev–Trinajstić information content (AvgIpc) is 2.47. The van der Waals surface area contributed by atoms with Crippen molar-refractivity contribution < 1.29 is 4.74 Å². The third-order valence-electron chi connectivity index (χ3n) is 3.51. The number of hydrogen-bond donors (Lipinski definition) is 1. The predicted molar refractivity (Wildman–Crippen MR) is 70.9 cm³/mol. The molecule has 2 heterocycles. The van der Waals surface area contributed by atoms with Gasteiger partial charge in [0, 0.05) is 17.5 Å². The van der Waals surface area contributed by atoms with Crippen molar-refractivity contribution in [1.29, 1.82) is 0 Å². The minimum Gasteiger partial charge on any atom is -0.497 e. The number of nitrogens with zero attached hydrogens (tertiary/aromatic N) is 2. The van der Waals surface area contributed by atoms with Crippen LogP contribution >= 0.6 is 0 Å². The lowest BCUT2D eigenvalue weighted by Gasteiger charge is -2.21. The molecule has 1 aromatic carbocycles. The van der Waals surface area contributed by atoms with Crippen LogP contribution in [-0.4, -0.2) is 30.2 Å². The maximum atomic E-state index is 5.21. The SMILES string of the molecule is COc1ccc2nc(C3CCNCC3)ncc2c1. The van der Waals surface area contributed by atoms with Gasteiger partial charge in [-0.1, -0.05) is 0 Å². The van der Waals surface area contributed by atoms with Crippen LogP contribution in [0.2, 0.25) is 0 Å². The fourth-order valence-corrected chi connectivity index (χ4v) is 2.43. The smallest absolute Gasteiger partial charge is 0.132 e. The van der Waals surface area contributed by atoms with Crippen molar-refractivity contribution in [1.82, 2.24) is 15.3 Å². The van der Waals surface area contributed by atoms with Gasteiger partial charge in [-0.2, -0.15) is 0 Å². The number of ether oxygens (including phenoxy) is 1. The first-order valence-electron chi connectivity index (χ1n) is 6.38. The zero-order chi connectivity index (χ0) is 12.4. The van der Waals surface area contributed by atoms with Gasteiger partial charge >= 0.3 is 0 Å². The molecule has 0 aliphatic carbocycles. The summed E-state index contributed by atoms with van der Waals surface area (Å²) in [5.74, 6) is 2.33. The minimum atomic E-state index is 0.498. The van der Waals surface area contributed by atoms with Crippen LogP contribution in [0.4, 0.5) is 0 Å². The standard InChI is InChI=1S/C14H17N3O/c1-18-12-2-3-13-11(8-12)9-16-14(17-13)10-4-6-15-7-5-10/h2-3,8-10,15H,4-7H2,1H3. The first kappa shape index (κ1) is 11.4. The number of nitrogens with one attached hydrogen (secondary N) is 1. The van der Waals surface area contributed by atoms with Crippen molar-refractivity contribution in [2.75, 3.05) is 20.2 Å². The molecule has 1 aliphatic heterocycles. The summed E-state index contributed by atoms with van der Waals surface area (Å²) in [6, 6.07) is 5.92. The summed E-state index contributed by atoms with van der Waals surface area (Å²) in [4.78, 5) is 9.19. The van der Waals surface area contributed by atoms with E-state index in [0.29, 0.717) is 5.92 Å². The molecular formula is C14H17N3O. The normalized spacial score (nSPS) is 16.9. The zero-order valence-electron chi connectivity index (χ0n) is 10.5. The van der Waals surface area contributed by atoms with Crippen LogP contribution in [0.25, 0.3) is 10.9 Å². The van der Waals surface area contributed by atoms with Gasteiger partial charge in [-0.3, -0.25) is 0 Å². The third-order valence-corrected chi connectivity index (χ3v) is 3.51. The van der Waals surface area contributed by atoms with Gasteiger partial charge in [-0.05, 0) is 44.1 Å². The van der Waals surface area contributed by atoms with E-state index in [1.807, 2.05) is 24.4 Å². The molecule has 1 N–H and O–H groups in total. The van der Waals surface area contributed by atoms with Crippen LogP contribution in [0.5, 0.6) is 5.75 Å². The highest BCUT2D eigenvalue weighted by Crippen LogP contribution is 2.24. The summed E-state index contributed by atoms with van der Waals surface area (Å²) in [5.41, 5.74) is 0.999. The predicted octanol–water partition coefficient (Wildman–Crippen LogP) is 2.11. The van der Waals surface area contributed by atoms with Crippen molar-refractivity contribution >= 4 is 10.9 Å². The Hall–Kier alpha value is -1.68. The molecule has 0 saturated carbocycles. The number of rotatable bonds is 2. The molecule has 18 heavy (non-hydrogen) atoms. The second kappa shape index (κ2) is 4.90. The number of hydrogen-bond acceptors (Lipinski definition) is 4. The number of piperidine rings is 1. The van der Waals surface area contributed by atoms with Crippen molar-refractivity contribution in [2.45, 2.75) is 18.8 Å². The van der Waals surface area contributed by atoms with Crippen LogP contribution in [0.1, 0.15) is 24.6 Å². The molecule has 4 heteroatoms.